The normalized spacial score (nSPS) is 27.2. The first kappa shape index (κ1) is 48.7. The molecular formula is C45H45BrN7NaO12S2. The number of alkyl halides is 1. The summed E-state index contributed by atoms with van der Waals surface area (Å²) in [5, 5.41) is 33.9. The number of rotatable bonds is 15. The number of aromatic nitrogens is 4. The minimum atomic E-state index is -1.34. The maximum Gasteiger partial charge on any atom is 1.00 e. The number of benzene rings is 1. The molecule has 6 heterocycles. The summed E-state index contributed by atoms with van der Waals surface area (Å²) >= 11 is 6.25. The van der Waals surface area contributed by atoms with E-state index in [1.54, 1.807) is 19.6 Å². The number of hydrogen-bond donors (Lipinski definition) is 0. The molecule has 19 nitrogen and oxygen atoms in total. The largest absolute Gasteiger partial charge is 1.00 e. The van der Waals surface area contributed by atoms with E-state index in [9.17, 15) is 39.2 Å². The van der Waals surface area contributed by atoms with Gasteiger partial charge >= 0.3 is 41.5 Å². The number of methoxy groups -OCH3 is 2. The number of ether oxygens (including phenoxy) is 4. The Bertz CT molecular complexity index is 2720. The number of halogens is 1. The van der Waals surface area contributed by atoms with Gasteiger partial charge < -0.3 is 28.8 Å². The van der Waals surface area contributed by atoms with E-state index < -0.39 is 44.5 Å². The van der Waals surface area contributed by atoms with Crippen molar-refractivity contribution in [3.8, 4) is 0 Å². The van der Waals surface area contributed by atoms with E-state index in [2.05, 4.69) is 15.9 Å². The van der Waals surface area contributed by atoms with Gasteiger partial charge in [0, 0.05) is 73.0 Å². The number of esters is 2. The summed E-state index contributed by atoms with van der Waals surface area (Å²) in [6.45, 7) is 3.53. The van der Waals surface area contributed by atoms with Crippen molar-refractivity contribution in [3.05, 3.63) is 102 Å². The molecule has 0 N–H and O–H groups in total. The molecule has 2 amide bonds. The minimum Gasteiger partial charge on any atom is -0.543 e. The van der Waals surface area contributed by atoms with E-state index in [1.807, 2.05) is 15.4 Å². The maximum absolute atomic E-state index is 13.8. The second-order valence-electron chi connectivity index (χ2n) is 17.7. The number of nitro benzene ring substituents is 1. The van der Waals surface area contributed by atoms with Crippen molar-refractivity contribution in [2.45, 2.75) is 110 Å². The van der Waals surface area contributed by atoms with Crippen molar-refractivity contribution in [1.82, 2.24) is 29.4 Å². The Morgan fingerprint density at radius 2 is 1.50 bits per heavy atom. The van der Waals surface area contributed by atoms with Gasteiger partial charge in [0.25, 0.3) is 17.5 Å². The van der Waals surface area contributed by atoms with Crippen LogP contribution in [0.5, 0.6) is 0 Å². The van der Waals surface area contributed by atoms with Crippen LogP contribution in [0, 0.1) is 10.1 Å². The van der Waals surface area contributed by atoms with Crippen LogP contribution in [0.1, 0.15) is 115 Å². The Hall–Kier alpha value is -4.29. The fraction of sp³-hybridized carbons (Fsp3) is 0.489. The number of carboxylic acid groups (broad SMARTS) is 1. The average molecular weight is 1040 g/mol. The van der Waals surface area contributed by atoms with Crippen LogP contribution in [-0.4, -0.2) is 107 Å². The van der Waals surface area contributed by atoms with Crippen LogP contribution in [0.2, 0.25) is 0 Å². The molecule has 2 aromatic heterocycles. The Kier molecular flexibility index (Phi) is 13.7. The Morgan fingerprint density at radius 3 is 2.12 bits per heavy atom. The second-order valence-corrected chi connectivity index (χ2v) is 20.9. The molecule has 8 atom stereocenters. The molecule has 0 radical (unpaired) electrons. The first-order valence-electron chi connectivity index (χ1n) is 22.0. The summed E-state index contributed by atoms with van der Waals surface area (Å²) in [7, 11) is 3.31. The van der Waals surface area contributed by atoms with Gasteiger partial charge in [-0.05, 0) is 79.5 Å². The number of fused-ring (bicyclic) bond motifs is 12. The molecule has 2 saturated heterocycles. The van der Waals surface area contributed by atoms with Crippen LogP contribution in [0.3, 0.4) is 0 Å². The van der Waals surface area contributed by atoms with E-state index in [4.69, 9.17) is 29.1 Å². The monoisotopic (exact) mass is 1040 g/mol. The summed E-state index contributed by atoms with van der Waals surface area (Å²) < 4.78 is 24.4. The fourth-order valence-corrected chi connectivity index (χ4v) is 14.4. The quantitative estimate of drug-likeness (QED) is 0.0402. The summed E-state index contributed by atoms with van der Waals surface area (Å²) in [4.78, 5) is 75.7. The van der Waals surface area contributed by atoms with E-state index >= 15 is 0 Å². The molecule has 4 aliphatic heterocycles. The summed E-state index contributed by atoms with van der Waals surface area (Å²) in [5.41, 5.74) is 7.39. The molecule has 11 rings (SSSR count). The number of carbonyl (C=O) groups excluding carboxylic acids is 5. The molecule has 4 aliphatic carbocycles. The first-order chi connectivity index (χ1) is 32.2. The predicted molar refractivity (Wildman–Crippen MR) is 242 cm³/mol. The van der Waals surface area contributed by atoms with Crippen molar-refractivity contribution in [2.24, 2.45) is 0 Å². The number of thioether (sulfide) groups is 2. The molecular weight excluding hydrogens is 998 g/mol. The Morgan fingerprint density at radius 1 is 0.897 bits per heavy atom. The van der Waals surface area contributed by atoms with Crippen molar-refractivity contribution in [1.29, 1.82) is 0 Å². The minimum absolute atomic E-state index is 0. The number of carboxylic acids is 1. The molecule has 352 valence electrons. The topological polar surface area (TPSA) is 231 Å². The zero-order chi connectivity index (χ0) is 47.1. The van der Waals surface area contributed by atoms with Crippen molar-refractivity contribution < 1.29 is 82.5 Å². The standard InChI is InChI=1S/C27H27BrN4O8S.C18H19N3O4S.Na/c1-14(33)40-23(21-20-16-5-6-17(11-16)22(20)30(29-21)9-10-38-2)27(28)25(35)31-19(13-41-26(27)31)24(34)39-12-15-3-7-18(8-4-15)32(36)37;1-25-5-4-20-15-10-3-2-9(6-10)14(15)12(19-20)7-11-16(22)21-13(18(23)24)8-26-17(11)21;/h3-4,7-8,13,16-17,23,26H,5-6,9-12H2,1-2H3;7-10,17H,2-6H2,1H3,(H,23,24);/q;;+1/p-1/b;11-7-;/t16?,17?,23?,26-,27?;9?,10?,17-;/m11./s1. The van der Waals surface area contributed by atoms with Gasteiger partial charge in [0.1, 0.15) is 28.7 Å². The van der Waals surface area contributed by atoms with E-state index in [1.165, 1.54) is 100 Å². The van der Waals surface area contributed by atoms with Crippen LogP contribution in [0.15, 0.2) is 52.0 Å². The first-order valence-corrected chi connectivity index (χ1v) is 24.7. The number of aliphatic carboxylic acids is 1. The number of nitrogens with zero attached hydrogens (tertiary/aromatic N) is 7. The predicted octanol–water partition coefficient (Wildman–Crippen LogP) is 1.83. The van der Waals surface area contributed by atoms with Gasteiger partial charge in [-0.3, -0.25) is 43.7 Å². The van der Waals surface area contributed by atoms with Crippen LogP contribution in [-0.2, 0) is 62.6 Å². The smallest absolute Gasteiger partial charge is 0.543 e. The number of hydrogen-bond acceptors (Lipinski definition) is 16. The van der Waals surface area contributed by atoms with Crippen LogP contribution >= 0.6 is 39.5 Å². The summed E-state index contributed by atoms with van der Waals surface area (Å²) in [6, 6.07) is 5.67. The Balaban J connectivity index is 0.000000184. The molecule has 68 heavy (non-hydrogen) atoms. The molecule has 23 heteroatoms. The SMILES string of the molecule is COCCn1nc(/C=C2/C(=O)N3C(C(=O)[O-])=CS[C@H]23)c2c1C1CCC2C1.COCCn1nc(C(OC(C)=O)C2(Br)C(=O)N3C(C(=O)OCc4ccc([N+](=O)[O-])cc4)=CS[C@@H]32)c2c1C1CCC2C1.[Na+]. The number of carbonyl (C=O) groups is 5. The van der Waals surface area contributed by atoms with Crippen molar-refractivity contribution >= 4 is 80.9 Å². The summed E-state index contributed by atoms with van der Waals surface area (Å²) in [6.07, 6.45) is 7.54. The number of nitro groups is 1. The zero-order valence-electron chi connectivity index (χ0n) is 37.6. The van der Waals surface area contributed by atoms with Gasteiger partial charge in [0.15, 0.2) is 10.4 Å². The average Bonchev–Trinajstić information content (AvgIpc) is 4.18. The number of non-ortho nitro benzene ring substituents is 1. The van der Waals surface area contributed by atoms with Crippen LogP contribution < -0.4 is 34.7 Å². The molecule has 0 spiro atoms. The van der Waals surface area contributed by atoms with Gasteiger partial charge in [0.2, 0.25) is 0 Å². The van der Waals surface area contributed by atoms with Crippen molar-refractivity contribution in [2.75, 3.05) is 27.4 Å². The molecule has 4 bridgehead atoms. The molecule has 2 saturated carbocycles. The molecule has 1 aromatic carbocycles. The fourth-order valence-electron chi connectivity index (χ4n) is 11.0. The number of β-lactam (4-membered cyclic amide) rings is 2. The molecule has 6 unspecified atom stereocenters. The molecule has 4 fully saturated rings. The van der Waals surface area contributed by atoms with Crippen molar-refractivity contribution in [3.63, 3.8) is 0 Å². The van der Waals surface area contributed by atoms with Crippen LogP contribution in [0.25, 0.3) is 6.08 Å². The van der Waals surface area contributed by atoms with Gasteiger partial charge in [-0.1, -0.05) is 15.9 Å². The third-order valence-electron chi connectivity index (χ3n) is 14.0. The second kappa shape index (κ2) is 19.1. The van der Waals surface area contributed by atoms with Gasteiger partial charge in [0.05, 0.1) is 54.2 Å². The zero-order valence-corrected chi connectivity index (χ0v) is 42.8. The maximum atomic E-state index is 13.8. The van der Waals surface area contributed by atoms with Gasteiger partial charge in [-0.2, -0.15) is 10.2 Å². The van der Waals surface area contributed by atoms with Crippen LogP contribution in [0.4, 0.5) is 5.69 Å². The van der Waals surface area contributed by atoms with E-state index in [-0.39, 0.29) is 64.5 Å². The molecule has 8 aliphatic rings. The Labute approximate surface area is 428 Å². The third kappa shape index (κ3) is 7.99. The third-order valence-corrected chi connectivity index (χ3v) is 17.7. The van der Waals surface area contributed by atoms with Gasteiger partial charge in [-0.15, -0.1) is 23.5 Å². The molecule has 3 aromatic rings. The summed E-state index contributed by atoms with van der Waals surface area (Å²) in [5.74, 6) is -1.49. The van der Waals surface area contributed by atoms with E-state index in [0.717, 1.165) is 36.2 Å². The van der Waals surface area contributed by atoms with Gasteiger partial charge in [-0.25, -0.2) is 4.79 Å². The number of amides is 2. The van der Waals surface area contributed by atoms with E-state index in [0.29, 0.717) is 66.8 Å².